The fourth-order valence-electron chi connectivity index (χ4n) is 2.04. The number of carbonyl (C=O) groups is 2. The van der Waals surface area contributed by atoms with Crippen LogP contribution in [0.5, 0.6) is 0 Å². The highest BCUT2D eigenvalue weighted by Gasteiger charge is 2.07. The van der Waals surface area contributed by atoms with Crippen LogP contribution in [-0.2, 0) is 16.0 Å². The van der Waals surface area contributed by atoms with Gasteiger partial charge in [-0.1, -0.05) is 12.1 Å². The largest absolute Gasteiger partial charge is 0.326 e. The molecular formula is C18H17N3O2. The Balaban J connectivity index is 1.97. The van der Waals surface area contributed by atoms with Gasteiger partial charge in [0.1, 0.15) is 0 Å². The summed E-state index contributed by atoms with van der Waals surface area (Å²) in [6.45, 7) is 1.50. The molecule has 0 aliphatic heterocycles. The lowest BCUT2D eigenvalue weighted by molar-refractivity contribution is -0.116. The number of nitriles is 1. The Morgan fingerprint density at radius 3 is 2.22 bits per heavy atom. The van der Waals surface area contributed by atoms with Crippen molar-refractivity contribution in [1.82, 2.24) is 0 Å². The molecule has 0 aromatic heterocycles. The number of anilines is 2. The van der Waals surface area contributed by atoms with Crippen LogP contribution < -0.4 is 10.2 Å². The molecule has 0 atom stereocenters. The summed E-state index contributed by atoms with van der Waals surface area (Å²) in [7, 11) is 1.70. The molecule has 0 heterocycles. The van der Waals surface area contributed by atoms with Crippen LogP contribution in [0.1, 0.15) is 18.1 Å². The SMILES string of the molecule is CC(=O)N(C)c1ccc(CC(=O)Nc2ccc(C#N)cc2)cc1. The maximum atomic E-state index is 12.0. The van der Waals surface area contributed by atoms with E-state index in [1.54, 1.807) is 36.2 Å². The fourth-order valence-corrected chi connectivity index (χ4v) is 2.04. The number of nitrogens with zero attached hydrogens (tertiary/aromatic N) is 2. The van der Waals surface area contributed by atoms with Crippen LogP contribution >= 0.6 is 0 Å². The highest BCUT2D eigenvalue weighted by Crippen LogP contribution is 2.15. The van der Waals surface area contributed by atoms with E-state index in [2.05, 4.69) is 5.32 Å². The lowest BCUT2D eigenvalue weighted by Gasteiger charge is -2.15. The maximum absolute atomic E-state index is 12.0. The molecule has 0 aliphatic carbocycles. The van der Waals surface area contributed by atoms with Gasteiger partial charge < -0.3 is 10.2 Å². The second kappa shape index (κ2) is 7.23. The van der Waals surface area contributed by atoms with Crippen molar-refractivity contribution in [3.63, 3.8) is 0 Å². The molecule has 2 amide bonds. The van der Waals surface area contributed by atoms with E-state index >= 15 is 0 Å². The zero-order chi connectivity index (χ0) is 16.8. The first kappa shape index (κ1) is 16.2. The van der Waals surface area contributed by atoms with E-state index in [9.17, 15) is 9.59 Å². The third-order valence-corrected chi connectivity index (χ3v) is 3.46. The standard InChI is InChI=1S/C18H17N3O2/c1-13(22)21(2)17-9-5-14(6-10-17)11-18(23)20-16-7-3-15(12-19)4-8-16/h3-10H,11H2,1-2H3,(H,20,23). The zero-order valence-corrected chi connectivity index (χ0v) is 13.0. The quantitative estimate of drug-likeness (QED) is 0.944. The monoisotopic (exact) mass is 307 g/mol. The molecule has 1 N–H and O–H groups in total. The molecule has 0 bridgehead atoms. The molecule has 5 nitrogen and oxygen atoms in total. The lowest BCUT2D eigenvalue weighted by atomic mass is 10.1. The van der Waals surface area contributed by atoms with Crippen LogP contribution in [0.2, 0.25) is 0 Å². The second-order valence-electron chi connectivity index (χ2n) is 5.16. The normalized spacial score (nSPS) is 9.78. The van der Waals surface area contributed by atoms with Gasteiger partial charge in [0.25, 0.3) is 0 Å². The van der Waals surface area contributed by atoms with Crippen LogP contribution in [0, 0.1) is 11.3 Å². The Labute approximate surface area is 135 Å². The van der Waals surface area contributed by atoms with Gasteiger partial charge in [0.15, 0.2) is 0 Å². The molecule has 0 saturated heterocycles. The third kappa shape index (κ3) is 4.42. The molecule has 2 aromatic rings. The van der Waals surface area contributed by atoms with Crippen LogP contribution in [-0.4, -0.2) is 18.9 Å². The van der Waals surface area contributed by atoms with Crippen molar-refractivity contribution in [1.29, 1.82) is 5.26 Å². The molecule has 0 radical (unpaired) electrons. The summed E-state index contributed by atoms with van der Waals surface area (Å²) in [5.74, 6) is -0.182. The highest BCUT2D eigenvalue weighted by atomic mass is 16.2. The predicted octanol–water partition coefficient (Wildman–Crippen LogP) is 2.72. The highest BCUT2D eigenvalue weighted by molar-refractivity contribution is 5.93. The lowest BCUT2D eigenvalue weighted by Crippen LogP contribution is -2.22. The topological polar surface area (TPSA) is 73.2 Å². The van der Waals surface area contributed by atoms with Crippen molar-refractivity contribution >= 4 is 23.2 Å². The molecule has 23 heavy (non-hydrogen) atoms. The summed E-state index contributed by atoms with van der Waals surface area (Å²) >= 11 is 0. The summed E-state index contributed by atoms with van der Waals surface area (Å²) in [6, 6.07) is 16.0. The van der Waals surface area contributed by atoms with E-state index in [4.69, 9.17) is 5.26 Å². The second-order valence-corrected chi connectivity index (χ2v) is 5.16. The smallest absolute Gasteiger partial charge is 0.228 e. The summed E-state index contributed by atoms with van der Waals surface area (Å²) in [5, 5.41) is 11.5. The van der Waals surface area contributed by atoms with Gasteiger partial charge in [0, 0.05) is 25.3 Å². The molecule has 0 spiro atoms. The molecule has 2 aromatic carbocycles. The first-order valence-electron chi connectivity index (χ1n) is 7.13. The Hall–Kier alpha value is -3.13. The summed E-state index contributed by atoms with van der Waals surface area (Å²) < 4.78 is 0. The first-order chi connectivity index (χ1) is 11.0. The van der Waals surface area contributed by atoms with Crippen LogP contribution in [0.15, 0.2) is 48.5 Å². The molecular weight excluding hydrogens is 290 g/mol. The first-order valence-corrected chi connectivity index (χ1v) is 7.13. The van der Waals surface area contributed by atoms with E-state index in [0.29, 0.717) is 11.3 Å². The van der Waals surface area contributed by atoms with Crippen molar-refractivity contribution in [2.24, 2.45) is 0 Å². The van der Waals surface area contributed by atoms with Crippen molar-refractivity contribution in [2.45, 2.75) is 13.3 Å². The number of rotatable bonds is 4. The minimum absolute atomic E-state index is 0.0451. The number of amides is 2. The predicted molar refractivity (Wildman–Crippen MR) is 89.0 cm³/mol. The van der Waals surface area contributed by atoms with Gasteiger partial charge in [-0.25, -0.2) is 0 Å². The zero-order valence-electron chi connectivity index (χ0n) is 13.0. The molecule has 5 heteroatoms. The van der Waals surface area contributed by atoms with Gasteiger partial charge in [-0.15, -0.1) is 0 Å². The maximum Gasteiger partial charge on any atom is 0.228 e. The van der Waals surface area contributed by atoms with E-state index in [-0.39, 0.29) is 18.2 Å². The number of nitrogens with one attached hydrogen (secondary N) is 1. The minimum atomic E-state index is -0.137. The summed E-state index contributed by atoms with van der Waals surface area (Å²) in [4.78, 5) is 24.9. The summed E-state index contributed by atoms with van der Waals surface area (Å²) in [5.41, 5.74) is 2.85. The molecule has 0 saturated carbocycles. The van der Waals surface area contributed by atoms with Crippen molar-refractivity contribution in [2.75, 3.05) is 17.3 Å². The van der Waals surface area contributed by atoms with E-state index in [1.807, 2.05) is 30.3 Å². The Morgan fingerprint density at radius 2 is 1.70 bits per heavy atom. The fraction of sp³-hybridized carbons (Fsp3) is 0.167. The number of carbonyl (C=O) groups excluding carboxylic acids is 2. The van der Waals surface area contributed by atoms with E-state index < -0.39 is 0 Å². The average molecular weight is 307 g/mol. The van der Waals surface area contributed by atoms with Gasteiger partial charge in [-0.05, 0) is 42.0 Å². The van der Waals surface area contributed by atoms with Crippen LogP contribution in [0.3, 0.4) is 0 Å². The third-order valence-electron chi connectivity index (χ3n) is 3.46. The minimum Gasteiger partial charge on any atom is -0.326 e. The summed E-state index contributed by atoms with van der Waals surface area (Å²) in [6.07, 6.45) is 0.240. The molecule has 2 rings (SSSR count). The van der Waals surface area contributed by atoms with Crippen LogP contribution in [0.25, 0.3) is 0 Å². The van der Waals surface area contributed by atoms with E-state index in [0.717, 1.165) is 11.3 Å². The Bertz CT molecular complexity index is 743. The van der Waals surface area contributed by atoms with Gasteiger partial charge >= 0.3 is 0 Å². The number of hydrogen-bond acceptors (Lipinski definition) is 3. The Morgan fingerprint density at radius 1 is 1.09 bits per heavy atom. The van der Waals surface area contributed by atoms with Crippen molar-refractivity contribution < 1.29 is 9.59 Å². The van der Waals surface area contributed by atoms with E-state index in [1.165, 1.54) is 6.92 Å². The molecule has 0 unspecified atom stereocenters. The Kier molecular flexibility index (Phi) is 5.11. The number of hydrogen-bond donors (Lipinski definition) is 1. The van der Waals surface area contributed by atoms with Gasteiger partial charge in [0.2, 0.25) is 11.8 Å². The average Bonchev–Trinajstić information content (AvgIpc) is 2.55. The number of benzene rings is 2. The van der Waals surface area contributed by atoms with Crippen molar-refractivity contribution in [3.05, 3.63) is 59.7 Å². The van der Waals surface area contributed by atoms with Crippen LogP contribution in [0.4, 0.5) is 11.4 Å². The van der Waals surface area contributed by atoms with Crippen molar-refractivity contribution in [3.8, 4) is 6.07 Å². The van der Waals surface area contributed by atoms with Gasteiger partial charge in [-0.3, -0.25) is 9.59 Å². The van der Waals surface area contributed by atoms with Gasteiger partial charge in [0.05, 0.1) is 18.1 Å². The molecule has 0 fully saturated rings. The van der Waals surface area contributed by atoms with Gasteiger partial charge in [-0.2, -0.15) is 5.26 Å². The molecule has 0 aliphatic rings. The molecule has 116 valence electrons.